The molecule has 5 heteroatoms. The highest BCUT2D eigenvalue weighted by molar-refractivity contribution is 5.94. The Kier molecular flexibility index (Phi) is 3.99. The van der Waals surface area contributed by atoms with Crippen LogP contribution in [-0.2, 0) is 7.05 Å². The Morgan fingerprint density at radius 2 is 1.88 bits per heavy atom. The van der Waals surface area contributed by atoms with Crippen molar-refractivity contribution in [1.29, 1.82) is 0 Å². The molecule has 0 bridgehead atoms. The molecule has 4 nitrogen and oxygen atoms in total. The first kappa shape index (κ1) is 15.8. The molecule has 1 atom stereocenters. The number of para-hydroxylation sites is 2. The zero-order valence-electron chi connectivity index (χ0n) is 14.2. The summed E-state index contributed by atoms with van der Waals surface area (Å²) in [6, 6.07) is 14.0. The summed E-state index contributed by atoms with van der Waals surface area (Å²) in [6.45, 7) is 0.626. The van der Waals surface area contributed by atoms with Gasteiger partial charge in [0.15, 0.2) is 0 Å². The molecule has 0 saturated carbocycles. The van der Waals surface area contributed by atoms with E-state index in [0.29, 0.717) is 6.54 Å². The largest absolute Gasteiger partial charge is 0.329 e. The van der Waals surface area contributed by atoms with Gasteiger partial charge in [-0.3, -0.25) is 4.79 Å². The Morgan fingerprint density at radius 1 is 1.12 bits per heavy atom. The van der Waals surface area contributed by atoms with Gasteiger partial charge >= 0.3 is 0 Å². The van der Waals surface area contributed by atoms with Crippen LogP contribution in [0.5, 0.6) is 0 Å². The van der Waals surface area contributed by atoms with E-state index in [4.69, 9.17) is 4.98 Å². The number of hydrogen-bond donors (Lipinski definition) is 0. The lowest BCUT2D eigenvalue weighted by Crippen LogP contribution is -2.40. The van der Waals surface area contributed by atoms with Crippen molar-refractivity contribution in [2.24, 2.45) is 7.05 Å². The van der Waals surface area contributed by atoms with Crippen LogP contribution in [-0.4, -0.2) is 26.9 Å². The SMILES string of the molecule is Cn1c([C@@H]2CCCCN2C(=O)c2ccccc2F)nc2ccccc21. The van der Waals surface area contributed by atoms with E-state index in [9.17, 15) is 9.18 Å². The molecule has 3 aromatic rings. The van der Waals surface area contributed by atoms with Gasteiger partial charge in [0.1, 0.15) is 11.6 Å². The molecule has 1 fully saturated rings. The molecule has 0 unspecified atom stereocenters. The normalized spacial score (nSPS) is 17.8. The number of rotatable bonds is 2. The minimum atomic E-state index is -0.471. The van der Waals surface area contributed by atoms with Gasteiger partial charge < -0.3 is 9.47 Å². The molecule has 0 radical (unpaired) electrons. The topological polar surface area (TPSA) is 38.1 Å². The molecular weight excluding hydrogens is 317 g/mol. The molecule has 0 aliphatic carbocycles. The van der Waals surface area contributed by atoms with Gasteiger partial charge in [0.05, 0.1) is 22.6 Å². The number of hydrogen-bond acceptors (Lipinski definition) is 2. The van der Waals surface area contributed by atoms with Gasteiger partial charge in [-0.2, -0.15) is 0 Å². The van der Waals surface area contributed by atoms with Crippen molar-refractivity contribution in [2.45, 2.75) is 25.3 Å². The highest BCUT2D eigenvalue weighted by Crippen LogP contribution is 2.33. The molecule has 1 aliphatic heterocycles. The fourth-order valence-electron chi connectivity index (χ4n) is 3.69. The summed E-state index contributed by atoms with van der Waals surface area (Å²) in [7, 11) is 1.98. The maximum atomic E-state index is 14.1. The van der Waals surface area contributed by atoms with Crippen LogP contribution >= 0.6 is 0 Å². The Labute approximate surface area is 145 Å². The van der Waals surface area contributed by atoms with E-state index in [-0.39, 0.29) is 17.5 Å². The molecule has 128 valence electrons. The highest BCUT2D eigenvalue weighted by atomic mass is 19.1. The Balaban J connectivity index is 1.75. The van der Waals surface area contributed by atoms with E-state index in [1.807, 2.05) is 35.9 Å². The summed E-state index contributed by atoms with van der Waals surface area (Å²) in [5.74, 6) is 0.141. The van der Waals surface area contributed by atoms with Crippen LogP contribution < -0.4 is 0 Å². The van der Waals surface area contributed by atoms with Crippen molar-refractivity contribution < 1.29 is 9.18 Å². The second kappa shape index (κ2) is 6.31. The molecule has 0 spiro atoms. The monoisotopic (exact) mass is 337 g/mol. The summed E-state index contributed by atoms with van der Waals surface area (Å²) in [5, 5.41) is 0. The molecule has 2 aromatic carbocycles. The average Bonchev–Trinajstić information content (AvgIpc) is 2.98. The summed E-state index contributed by atoms with van der Waals surface area (Å²) in [6.07, 6.45) is 2.81. The van der Waals surface area contributed by atoms with Crippen molar-refractivity contribution in [1.82, 2.24) is 14.5 Å². The van der Waals surface area contributed by atoms with Crippen molar-refractivity contribution in [2.75, 3.05) is 6.54 Å². The van der Waals surface area contributed by atoms with Crippen molar-refractivity contribution >= 4 is 16.9 Å². The molecule has 1 amide bonds. The maximum absolute atomic E-state index is 14.1. The maximum Gasteiger partial charge on any atom is 0.257 e. The second-order valence-electron chi connectivity index (χ2n) is 6.51. The van der Waals surface area contributed by atoms with Crippen LogP contribution in [0.25, 0.3) is 11.0 Å². The third kappa shape index (κ3) is 2.69. The van der Waals surface area contributed by atoms with E-state index >= 15 is 0 Å². The van der Waals surface area contributed by atoms with Gasteiger partial charge in [0, 0.05) is 13.6 Å². The fourth-order valence-corrected chi connectivity index (χ4v) is 3.69. The lowest BCUT2D eigenvalue weighted by molar-refractivity contribution is 0.0592. The number of aryl methyl sites for hydroxylation is 1. The van der Waals surface area contributed by atoms with Crippen molar-refractivity contribution in [3.8, 4) is 0 Å². The Hall–Kier alpha value is -2.69. The first-order chi connectivity index (χ1) is 12.2. The number of fused-ring (bicyclic) bond motifs is 1. The number of carbonyl (C=O) groups is 1. The number of halogens is 1. The van der Waals surface area contributed by atoms with E-state index in [1.165, 1.54) is 6.07 Å². The lowest BCUT2D eigenvalue weighted by Gasteiger charge is -2.35. The van der Waals surface area contributed by atoms with E-state index in [0.717, 1.165) is 36.1 Å². The summed E-state index contributed by atoms with van der Waals surface area (Å²) in [5.41, 5.74) is 2.10. The molecule has 1 aromatic heterocycles. The van der Waals surface area contributed by atoms with E-state index in [2.05, 4.69) is 0 Å². The highest BCUT2D eigenvalue weighted by Gasteiger charge is 2.32. The first-order valence-corrected chi connectivity index (χ1v) is 8.63. The molecule has 0 N–H and O–H groups in total. The van der Waals surface area contributed by atoms with Crippen LogP contribution in [0.3, 0.4) is 0 Å². The molecule has 25 heavy (non-hydrogen) atoms. The van der Waals surface area contributed by atoms with Gasteiger partial charge in [-0.25, -0.2) is 9.37 Å². The van der Waals surface area contributed by atoms with Gasteiger partial charge in [-0.1, -0.05) is 24.3 Å². The molecular formula is C20H20FN3O. The number of imidazole rings is 1. The second-order valence-corrected chi connectivity index (χ2v) is 6.51. The van der Waals surface area contributed by atoms with Crippen LogP contribution in [0.15, 0.2) is 48.5 Å². The molecule has 1 saturated heterocycles. The number of likely N-dealkylation sites (tertiary alicyclic amines) is 1. The predicted molar refractivity (Wildman–Crippen MR) is 94.7 cm³/mol. The van der Waals surface area contributed by atoms with Crippen molar-refractivity contribution in [3.63, 3.8) is 0 Å². The third-order valence-electron chi connectivity index (χ3n) is 4.99. The van der Waals surface area contributed by atoms with Gasteiger partial charge in [-0.15, -0.1) is 0 Å². The standard InChI is InChI=1S/C20H20FN3O/c1-23-17-11-5-4-10-16(17)22-19(23)18-12-6-7-13-24(18)20(25)14-8-2-3-9-15(14)21/h2-5,8-11,18H,6-7,12-13H2,1H3/t18-/m0/s1. The predicted octanol–water partition coefficient (Wildman–Crippen LogP) is 4.08. The van der Waals surface area contributed by atoms with Crippen LogP contribution in [0.4, 0.5) is 4.39 Å². The van der Waals surface area contributed by atoms with E-state index in [1.54, 1.807) is 23.1 Å². The number of aromatic nitrogens is 2. The number of carbonyl (C=O) groups excluding carboxylic acids is 1. The minimum absolute atomic E-state index is 0.127. The number of nitrogens with zero attached hydrogens (tertiary/aromatic N) is 3. The van der Waals surface area contributed by atoms with Gasteiger partial charge in [-0.05, 0) is 43.5 Å². The number of amides is 1. The summed E-state index contributed by atoms with van der Waals surface area (Å²) in [4.78, 5) is 19.5. The molecule has 2 heterocycles. The lowest BCUT2D eigenvalue weighted by atomic mass is 10.00. The minimum Gasteiger partial charge on any atom is -0.329 e. The van der Waals surface area contributed by atoms with E-state index < -0.39 is 5.82 Å². The first-order valence-electron chi connectivity index (χ1n) is 8.63. The Bertz CT molecular complexity index is 934. The van der Waals surface area contributed by atoms with Gasteiger partial charge in [0.2, 0.25) is 0 Å². The zero-order chi connectivity index (χ0) is 17.4. The third-order valence-corrected chi connectivity index (χ3v) is 4.99. The summed E-state index contributed by atoms with van der Waals surface area (Å²) < 4.78 is 16.2. The quantitative estimate of drug-likeness (QED) is 0.707. The van der Waals surface area contributed by atoms with Gasteiger partial charge in [0.25, 0.3) is 5.91 Å². The summed E-state index contributed by atoms with van der Waals surface area (Å²) >= 11 is 0. The smallest absolute Gasteiger partial charge is 0.257 e. The fraction of sp³-hybridized carbons (Fsp3) is 0.300. The Morgan fingerprint density at radius 3 is 2.68 bits per heavy atom. The molecule has 1 aliphatic rings. The number of benzene rings is 2. The van der Waals surface area contributed by atoms with Crippen LogP contribution in [0, 0.1) is 5.82 Å². The van der Waals surface area contributed by atoms with Crippen LogP contribution in [0.1, 0.15) is 41.5 Å². The number of piperidine rings is 1. The van der Waals surface area contributed by atoms with Crippen molar-refractivity contribution in [3.05, 3.63) is 65.7 Å². The van der Waals surface area contributed by atoms with Crippen LogP contribution in [0.2, 0.25) is 0 Å². The average molecular weight is 337 g/mol. The molecule has 4 rings (SSSR count). The zero-order valence-corrected chi connectivity index (χ0v) is 14.2.